The van der Waals surface area contributed by atoms with Gasteiger partial charge in [-0.3, -0.25) is 0 Å². The minimum Gasteiger partial charge on any atom is -0.379 e. The van der Waals surface area contributed by atoms with Gasteiger partial charge in [-0.2, -0.15) is 0 Å². The van der Waals surface area contributed by atoms with Crippen molar-refractivity contribution in [3.8, 4) is 0 Å². The van der Waals surface area contributed by atoms with Crippen molar-refractivity contribution in [1.82, 2.24) is 0 Å². The molecule has 0 aliphatic carbocycles. The van der Waals surface area contributed by atoms with E-state index in [9.17, 15) is 0 Å². The monoisotopic (exact) mass is 248 g/mol. The molecule has 0 aromatic carbocycles. The summed E-state index contributed by atoms with van der Waals surface area (Å²) >= 11 is 0. The van der Waals surface area contributed by atoms with Gasteiger partial charge >= 0.3 is 0 Å². The molecule has 4 heteroatoms. The Hall–Kier alpha value is -0.160. The van der Waals surface area contributed by atoms with Gasteiger partial charge in [-0.25, -0.2) is 0 Å². The van der Waals surface area contributed by atoms with Crippen LogP contribution in [-0.2, 0) is 18.9 Å². The van der Waals surface area contributed by atoms with Gasteiger partial charge in [0.05, 0.1) is 45.2 Å². The summed E-state index contributed by atoms with van der Waals surface area (Å²) in [5.41, 5.74) is -0.0868. The molecule has 104 valence electrons. The van der Waals surface area contributed by atoms with Gasteiger partial charge in [0.15, 0.2) is 0 Å². The molecular weight excluding hydrogens is 220 g/mol. The maximum atomic E-state index is 5.52. The van der Waals surface area contributed by atoms with E-state index in [0.29, 0.717) is 39.6 Å². The minimum absolute atomic E-state index is 0.0868. The van der Waals surface area contributed by atoms with Crippen LogP contribution in [-0.4, -0.2) is 51.8 Å². The number of ether oxygens (including phenoxy) is 4. The fourth-order valence-electron chi connectivity index (χ4n) is 1.09. The highest BCUT2D eigenvalue weighted by Crippen LogP contribution is 2.05. The summed E-state index contributed by atoms with van der Waals surface area (Å²) in [6.45, 7) is 12.8. The predicted octanol–water partition coefficient (Wildman–Crippen LogP) is 2.26. The normalized spacial score (nSPS) is 12.0. The summed E-state index contributed by atoms with van der Waals surface area (Å²) in [4.78, 5) is 0. The van der Waals surface area contributed by atoms with Crippen LogP contribution in [0.25, 0.3) is 0 Å². The summed E-state index contributed by atoms with van der Waals surface area (Å²) in [6.07, 6.45) is 1.05. The van der Waals surface area contributed by atoms with Crippen LogP contribution in [0.3, 0.4) is 0 Å². The SMILES string of the molecule is CCCOCCOCCOCCOC(C)(C)C. The van der Waals surface area contributed by atoms with Crippen molar-refractivity contribution >= 4 is 0 Å². The van der Waals surface area contributed by atoms with Crippen LogP contribution in [0.4, 0.5) is 0 Å². The van der Waals surface area contributed by atoms with E-state index in [0.717, 1.165) is 13.0 Å². The molecule has 0 atom stereocenters. The Bertz CT molecular complexity index is 154. The van der Waals surface area contributed by atoms with Gasteiger partial charge in [0.1, 0.15) is 0 Å². The second kappa shape index (κ2) is 11.0. The second-order valence-corrected chi connectivity index (χ2v) is 4.80. The fourth-order valence-corrected chi connectivity index (χ4v) is 1.09. The lowest BCUT2D eigenvalue weighted by Crippen LogP contribution is -2.22. The highest BCUT2D eigenvalue weighted by molar-refractivity contribution is 4.57. The topological polar surface area (TPSA) is 36.9 Å². The lowest BCUT2D eigenvalue weighted by Gasteiger charge is -2.19. The molecule has 0 saturated carbocycles. The van der Waals surface area contributed by atoms with E-state index in [1.54, 1.807) is 0 Å². The molecule has 0 bridgehead atoms. The molecule has 0 aromatic heterocycles. The third-order valence-corrected chi connectivity index (χ3v) is 1.86. The maximum absolute atomic E-state index is 5.52. The molecule has 4 nitrogen and oxygen atoms in total. The maximum Gasteiger partial charge on any atom is 0.0707 e. The molecule has 0 radical (unpaired) electrons. The Kier molecular flexibility index (Phi) is 10.9. The van der Waals surface area contributed by atoms with Crippen LogP contribution in [0, 0.1) is 0 Å². The van der Waals surface area contributed by atoms with Crippen molar-refractivity contribution < 1.29 is 18.9 Å². The smallest absolute Gasteiger partial charge is 0.0707 e. The molecule has 0 saturated heterocycles. The lowest BCUT2D eigenvalue weighted by atomic mass is 10.2. The minimum atomic E-state index is -0.0868. The zero-order valence-electron chi connectivity index (χ0n) is 11.8. The Morgan fingerprint density at radius 3 is 1.47 bits per heavy atom. The number of rotatable bonds is 11. The molecule has 0 N–H and O–H groups in total. The molecule has 0 rings (SSSR count). The Morgan fingerprint density at radius 2 is 1.06 bits per heavy atom. The van der Waals surface area contributed by atoms with Gasteiger partial charge in [0, 0.05) is 6.61 Å². The van der Waals surface area contributed by atoms with E-state index in [1.165, 1.54) is 0 Å². The molecule has 0 spiro atoms. The highest BCUT2D eigenvalue weighted by atomic mass is 16.6. The molecule has 0 aliphatic rings. The van der Waals surface area contributed by atoms with E-state index in [4.69, 9.17) is 18.9 Å². The average molecular weight is 248 g/mol. The van der Waals surface area contributed by atoms with Gasteiger partial charge in [-0.15, -0.1) is 0 Å². The molecule has 0 aromatic rings. The standard InChI is InChI=1S/C13H28O4/c1-5-6-14-7-8-15-9-10-16-11-12-17-13(2,3)4/h5-12H2,1-4H3. The quantitative estimate of drug-likeness (QED) is 0.526. The summed E-state index contributed by atoms with van der Waals surface area (Å²) < 4.78 is 21.5. The first-order valence-electron chi connectivity index (χ1n) is 6.43. The van der Waals surface area contributed by atoms with Crippen LogP contribution >= 0.6 is 0 Å². The molecular formula is C13H28O4. The summed E-state index contributed by atoms with van der Waals surface area (Å²) in [7, 11) is 0. The first kappa shape index (κ1) is 16.8. The largest absolute Gasteiger partial charge is 0.379 e. The number of hydrogen-bond donors (Lipinski definition) is 0. The van der Waals surface area contributed by atoms with E-state index < -0.39 is 0 Å². The Balaban J connectivity index is 2.99. The van der Waals surface area contributed by atoms with Gasteiger partial charge in [0.25, 0.3) is 0 Å². The molecule has 0 unspecified atom stereocenters. The zero-order chi connectivity index (χ0) is 13.0. The van der Waals surface area contributed by atoms with Gasteiger partial charge in [-0.1, -0.05) is 6.92 Å². The Morgan fingerprint density at radius 1 is 0.647 bits per heavy atom. The first-order chi connectivity index (χ1) is 8.06. The summed E-state index contributed by atoms with van der Waals surface area (Å²) in [5, 5.41) is 0. The van der Waals surface area contributed by atoms with E-state index >= 15 is 0 Å². The van der Waals surface area contributed by atoms with Gasteiger partial charge < -0.3 is 18.9 Å². The average Bonchev–Trinajstić information content (AvgIpc) is 2.24. The molecule has 0 heterocycles. The molecule has 0 amide bonds. The van der Waals surface area contributed by atoms with Crippen LogP contribution < -0.4 is 0 Å². The van der Waals surface area contributed by atoms with Gasteiger partial charge in [-0.05, 0) is 27.2 Å². The van der Waals surface area contributed by atoms with Crippen molar-refractivity contribution in [3.63, 3.8) is 0 Å². The van der Waals surface area contributed by atoms with Crippen molar-refractivity contribution in [2.24, 2.45) is 0 Å². The fraction of sp³-hybridized carbons (Fsp3) is 1.00. The van der Waals surface area contributed by atoms with Gasteiger partial charge in [0.2, 0.25) is 0 Å². The van der Waals surface area contributed by atoms with Crippen molar-refractivity contribution in [1.29, 1.82) is 0 Å². The summed E-state index contributed by atoms with van der Waals surface area (Å²) in [6, 6.07) is 0. The third-order valence-electron chi connectivity index (χ3n) is 1.86. The van der Waals surface area contributed by atoms with E-state index in [2.05, 4.69) is 6.92 Å². The third kappa shape index (κ3) is 15.8. The molecule has 0 fully saturated rings. The second-order valence-electron chi connectivity index (χ2n) is 4.80. The molecule has 0 aliphatic heterocycles. The molecule has 17 heavy (non-hydrogen) atoms. The summed E-state index contributed by atoms with van der Waals surface area (Å²) in [5.74, 6) is 0. The van der Waals surface area contributed by atoms with Crippen molar-refractivity contribution in [2.45, 2.75) is 39.7 Å². The van der Waals surface area contributed by atoms with Crippen LogP contribution in [0.2, 0.25) is 0 Å². The van der Waals surface area contributed by atoms with E-state index in [1.807, 2.05) is 20.8 Å². The van der Waals surface area contributed by atoms with Crippen LogP contribution in [0.5, 0.6) is 0 Å². The van der Waals surface area contributed by atoms with Crippen LogP contribution in [0.1, 0.15) is 34.1 Å². The first-order valence-corrected chi connectivity index (χ1v) is 6.43. The number of hydrogen-bond acceptors (Lipinski definition) is 4. The predicted molar refractivity (Wildman–Crippen MR) is 68.5 cm³/mol. The van der Waals surface area contributed by atoms with Crippen LogP contribution in [0.15, 0.2) is 0 Å². The van der Waals surface area contributed by atoms with Crippen molar-refractivity contribution in [3.05, 3.63) is 0 Å². The Labute approximate surface area is 106 Å². The lowest BCUT2D eigenvalue weighted by molar-refractivity contribution is -0.0450. The van der Waals surface area contributed by atoms with E-state index in [-0.39, 0.29) is 5.60 Å². The van der Waals surface area contributed by atoms with Crippen molar-refractivity contribution in [2.75, 3.05) is 46.2 Å². The zero-order valence-corrected chi connectivity index (χ0v) is 11.8. The highest BCUT2D eigenvalue weighted by Gasteiger charge is 2.08.